The summed E-state index contributed by atoms with van der Waals surface area (Å²) in [7, 11) is 0. The fourth-order valence-corrected chi connectivity index (χ4v) is 3.32. The number of hydrogen-bond donors (Lipinski definition) is 1. The Morgan fingerprint density at radius 2 is 1.73 bits per heavy atom. The number of fused-ring (bicyclic) bond motifs is 1. The van der Waals surface area contributed by atoms with Crippen molar-refractivity contribution in [1.82, 2.24) is 19.5 Å². The van der Waals surface area contributed by atoms with Gasteiger partial charge in [-0.15, -0.1) is 0 Å². The smallest absolute Gasteiger partial charge is 0.248 e. The maximum absolute atomic E-state index is 11.9. The van der Waals surface area contributed by atoms with E-state index < -0.39 is 0 Å². The molecule has 0 radical (unpaired) electrons. The molecule has 3 aromatic rings. The lowest BCUT2D eigenvalue weighted by molar-refractivity contribution is -0.136. The van der Waals surface area contributed by atoms with E-state index in [9.17, 15) is 9.59 Å². The van der Waals surface area contributed by atoms with Crippen molar-refractivity contribution in [2.24, 2.45) is 0 Å². The predicted octanol–water partition coefficient (Wildman–Crippen LogP) is 2.57. The number of aromatic nitrogens is 3. The molecular formula is C19H19N5O2. The molecule has 1 aliphatic heterocycles. The molecule has 0 spiro atoms. The lowest BCUT2D eigenvalue weighted by Crippen LogP contribution is -2.35. The van der Waals surface area contributed by atoms with Crippen LogP contribution in [0, 0.1) is 13.8 Å². The summed E-state index contributed by atoms with van der Waals surface area (Å²) in [5.41, 5.74) is 6.95. The molecule has 2 aromatic heterocycles. The summed E-state index contributed by atoms with van der Waals surface area (Å²) in [5.74, 6) is 0.00530. The number of amides is 2. The molecule has 7 nitrogen and oxygen atoms in total. The van der Waals surface area contributed by atoms with Gasteiger partial charge in [-0.25, -0.2) is 9.97 Å². The summed E-state index contributed by atoms with van der Waals surface area (Å²) in [6, 6.07) is 10.2. The number of hydrogen-bond acceptors (Lipinski definition) is 5. The normalized spacial score (nSPS) is 14.5. The Morgan fingerprint density at radius 1 is 1.04 bits per heavy atom. The molecule has 1 aliphatic rings. The van der Waals surface area contributed by atoms with Gasteiger partial charge in [0.25, 0.3) is 0 Å². The third kappa shape index (κ3) is 2.61. The minimum Gasteiger partial charge on any atom is -0.325 e. The first-order chi connectivity index (χ1) is 12.6. The second-order valence-electron chi connectivity index (χ2n) is 6.44. The standard InChI is InChI=1S/C19H19N5O2/c1-12-13(2)23(10-14-6-4-3-5-7-14)19-17(12)18(20-11-21-19)22-24-15(25)8-9-16(24)26/h3-7,11H,8-10H2,1-2H3,(H,20,21,22). The van der Waals surface area contributed by atoms with E-state index in [2.05, 4.69) is 32.1 Å². The number of anilines is 1. The number of rotatable bonds is 4. The lowest BCUT2D eigenvalue weighted by atomic mass is 10.2. The van der Waals surface area contributed by atoms with Crippen LogP contribution in [0.25, 0.3) is 11.0 Å². The van der Waals surface area contributed by atoms with Gasteiger partial charge in [-0.1, -0.05) is 30.3 Å². The average molecular weight is 349 g/mol. The number of nitrogens with one attached hydrogen (secondary N) is 1. The van der Waals surface area contributed by atoms with E-state index in [1.807, 2.05) is 32.0 Å². The van der Waals surface area contributed by atoms with Crippen LogP contribution in [-0.4, -0.2) is 31.4 Å². The predicted molar refractivity (Wildman–Crippen MR) is 97.3 cm³/mol. The third-order valence-corrected chi connectivity index (χ3v) is 4.86. The highest BCUT2D eigenvalue weighted by Crippen LogP contribution is 2.30. The molecule has 0 bridgehead atoms. The summed E-state index contributed by atoms with van der Waals surface area (Å²) in [5, 5.41) is 1.89. The van der Waals surface area contributed by atoms with Gasteiger partial charge < -0.3 is 4.57 Å². The maximum atomic E-state index is 11.9. The number of hydrazine groups is 1. The molecule has 0 atom stereocenters. The number of benzene rings is 1. The molecule has 1 fully saturated rings. The Balaban J connectivity index is 1.78. The highest BCUT2D eigenvalue weighted by molar-refractivity contribution is 6.04. The van der Waals surface area contributed by atoms with E-state index in [4.69, 9.17) is 0 Å². The van der Waals surface area contributed by atoms with E-state index in [1.54, 1.807) is 0 Å². The SMILES string of the molecule is Cc1c(C)n(Cc2ccccc2)c2ncnc(NN3C(=O)CCC3=O)c12. The molecule has 7 heteroatoms. The number of nitrogens with zero attached hydrogens (tertiary/aromatic N) is 4. The van der Waals surface area contributed by atoms with Crippen molar-refractivity contribution in [3.05, 3.63) is 53.5 Å². The average Bonchev–Trinajstić information content (AvgIpc) is 3.09. The molecule has 0 unspecified atom stereocenters. The Kier molecular flexibility index (Phi) is 3.91. The highest BCUT2D eigenvalue weighted by atomic mass is 16.2. The zero-order chi connectivity index (χ0) is 18.3. The highest BCUT2D eigenvalue weighted by Gasteiger charge is 2.30. The summed E-state index contributed by atoms with van der Waals surface area (Å²) in [6.45, 7) is 4.73. The van der Waals surface area contributed by atoms with E-state index >= 15 is 0 Å². The van der Waals surface area contributed by atoms with Crippen LogP contribution in [0.5, 0.6) is 0 Å². The first kappa shape index (κ1) is 16.3. The third-order valence-electron chi connectivity index (χ3n) is 4.86. The zero-order valence-corrected chi connectivity index (χ0v) is 14.7. The van der Waals surface area contributed by atoms with Gasteiger partial charge >= 0.3 is 0 Å². The summed E-state index contributed by atoms with van der Waals surface area (Å²) in [4.78, 5) is 32.6. The van der Waals surface area contributed by atoms with E-state index in [0.717, 1.165) is 27.3 Å². The fraction of sp³-hybridized carbons (Fsp3) is 0.263. The molecule has 2 amide bonds. The van der Waals surface area contributed by atoms with Crippen molar-refractivity contribution in [3.63, 3.8) is 0 Å². The van der Waals surface area contributed by atoms with Crippen LogP contribution >= 0.6 is 0 Å². The summed E-state index contributed by atoms with van der Waals surface area (Å²) >= 11 is 0. The molecular weight excluding hydrogens is 330 g/mol. The van der Waals surface area contributed by atoms with Crippen LogP contribution in [0.4, 0.5) is 5.82 Å². The van der Waals surface area contributed by atoms with Crippen molar-refractivity contribution in [1.29, 1.82) is 0 Å². The Morgan fingerprint density at radius 3 is 2.42 bits per heavy atom. The van der Waals surface area contributed by atoms with Gasteiger partial charge in [-0.2, -0.15) is 5.01 Å². The maximum Gasteiger partial charge on any atom is 0.248 e. The largest absolute Gasteiger partial charge is 0.325 e. The molecule has 1 N–H and O–H groups in total. The second-order valence-corrected chi connectivity index (χ2v) is 6.44. The number of imide groups is 1. The van der Waals surface area contributed by atoms with Crippen LogP contribution in [0.15, 0.2) is 36.7 Å². The number of carbonyl (C=O) groups is 2. The molecule has 26 heavy (non-hydrogen) atoms. The monoisotopic (exact) mass is 349 g/mol. The van der Waals surface area contributed by atoms with Crippen LogP contribution in [0.1, 0.15) is 29.7 Å². The Labute approximate surface area is 150 Å². The van der Waals surface area contributed by atoms with Gasteiger partial charge in [0.05, 0.1) is 5.39 Å². The van der Waals surface area contributed by atoms with E-state index in [-0.39, 0.29) is 24.7 Å². The van der Waals surface area contributed by atoms with E-state index in [0.29, 0.717) is 12.4 Å². The van der Waals surface area contributed by atoms with E-state index in [1.165, 1.54) is 11.9 Å². The van der Waals surface area contributed by atoms with Gasteiger partial charge in [-0.3, -0.25) is 15.0 Å². The molecule has 4 rings (SSSR count). The van der Waals surface area contributed by atoms with Crippen molar-refractivity contribution in [2.45, 2.75) is 33.2 Å². The van der Waals surface area contributed by atoms with Gasteiger partial charge in [-0.05, 0) is 25.0 Å². The van der Waals surface area contributed by atoms with Crippen molar-refractivity contribution >= 4 is 28.7 Å². The lowest BCUT2D eigenvalue weighted by Gasteiger charge is -2.16. The molecule has 1 saturated heterocycles. The molecule has 132 valence electrons. The molecule has 1 aromatic carbocycles. The van der Waals surface area contributed by atoms with Gasteiger partial charge in [0, 0.05) is 25.1 Å². The minimum absolute atomic E-state index is 0.229. The van der Waals surface area contributed by atoms with Gasteiger partial charge in [0.1, 0.15) is 12.0 Å². The van der Waals surface area contributed by atoms with Crippen LogP contribution < -0.4 is 5.43 Å². The topological polar surface area (TPSA) is 80.1 Å². The quantitative estimate of drug-likeness (QED) is 0.732. The van der Waals surface area contributed by atoms with Gasteiger partial charge in [0.15, 0.2) is 5.82 Å². The number of carbonyl (C=O) groups excluding carboxylic acids is 2. The van der Waals surface area contributed by atoms with Gasteiger partial charge in [0.2, 0.25) is 11.8 Å². The fourth-order valence-electron chi connectivity index (χ4n) is 3.32. The molecule has 3 heterocycles. The first-order valence-electron chi connectivity index (χ1n) is 8.53. The summed E-state index contributed by atoms with van der Waals surface area (Å²) in [6.07, 6.45) is 1.91. The zero-order valence-electron chi connectivity index (χ0n) is 14.7. The van der Waals surface area contributed by atoms with Crippen molar-refractivity contribution in [2.75, 3.05) is 5.43 Å². The second kappa shape index (κ2) is 6.25. The first-order valence-corrected chi connectivity index (χ1v) is 8.53. The van der Waals surface area contributed by atoms with Crippen molar-refractivity contribution in [3.8, 4) is 0 Å². The Hall–Kier alpha value is -3.22. The Bertz CT molecular complexity index is 994. The molecule has 0 aliphatic carbocycles. The number of aryl methyl sites for hydroxylation is 1. The van der Waals surface area contributed by atoms with Crippen LogP contribution in [0.3, 0.4) is 0 Å². The molecule has 0 saturated carbocycles. The van der Waals surface area contributed by atoms with Crippen LogP contribution in [-0.2, 0) is 16.1 Å². The van der Waals surface area contributed by atoms with Crippen LogP contribution in [0.2, 0.25) is 0 Å². The van der Waals surface area contributed by atoms with Crippen molar-refractivity contribution < 1.29 is 9.59 Å². The minimum atomic E-state index is -0.236. The summed E-state index contributed by atoms with van der Waals surface area (Å²) < 4.78 is 2.13.